The molecular weight excluding hydrogens is 263 g/mol. The summed E-state index contributed by atoms with van der Waals surface area (Å²) in [6.07, 6.45) is -0.403. The van der Waals surface area contributed by atoms with E-state index in [2.05, 4.69) is 20.4 Å². The Labute approximate surface area is 106 Å². The molecule has 0 radical (unpaired) electrons. The molecule has 2 atom stereocenters. The highest BCUT2D eigenvalue weighted by molar-refractivity contribution is 7.47. The van der Waals surface area contributed by atoms with Gasteiger partial charge >= 0.3 is 13.8 Å². The molecule has 0 spiro atoms. The zero-order valence-corrected chi connectivity index (χ0v) is 11.4. The van der Waals surface area contributed by atoms with Crippen molar-refractivity contribution in [2.24, 2.45) is 0 Å². The molecule has 0 aromatic carbocycles. The number of hydrogen-bond donors (Lipinski definition) is 2. The molecule has 0 heterocycles. The Hall–Kier alpha value is -0.720. The highest BCUT2D eigenvalue weighted by Gasteiger charge is 2.21. The van der Waals surface area contributed by atoms with Crippen molar-refractivity contribution < 1.29 is 33.1 Å². The minimum absolute atomic E-state index is 0.100. The monoisotopic (exact) mass is 282 g/mol. The maximum Gasteiger partial charge on any atom is 0.472 e. The van der Waals surface area contributed by atoms with Crippen molar-refractivity contribution in [3.63, 3.8) is 0 Å². The van der Waals surface area contributed by atoms with Crippen LogP contribution in [0, 0.1) is 0 Å². The van der Waals surface area contributed by atoms with Crippen molar-refractivity contribution >= 4 is 13.8 Å². The molecule has 0 aliphatic carbocycles. The maximum atomic E-state index is 11.2. The van der Waals surface area contributed by atoms with Crippen LogP contribution < -0.4 is 0 Å². The van der Waals surface area contributed by atoms with Crippen molar-refractivity contribution in [1.82, 2.24) is 0 Å². The van der Waals surface area contributed by atoms with Crippen LogP contribution in [0.4, 0.5) is 0 Å². The van der Waals surface area contributed by atoms with Crippen LogP contribution in [-0.2, 0) is 23.1 Å². The van der Waals surface area contributed by atoms with Crippen LogP contribution in [0.15, 0.2) is 12.2 Å². The van der Waals surface area contributed by atoms with E-state index in [9.17, 15) is 14.3 Å². The van der Waals surface area contributed by atoms with Gasteiger partial charge in [0.25, 0.3) is 0 Å². The fourth-order valence-corrected chi connectivity index (χ4v) is 1.50. The molecule has 0 amide bonds. The Morgan fingerprint density at radius 3 is 2.39 bits per heavy atom. The fourth-order valence-electron chi connectivity index (χ4n) is 0.786. The number of aliphatic hydroxyl groups is 1. The lowest BCUT2D eigenvalue weighted by molar-refractivity contribution is -0.139. The molecule has 106 valence electrons. The molecule has 0 aromatic heterocycles. The first-order chi connectivity index (χ1) is 8.24. The minimum atomic E-state index is -4.16. The van der Waals surface area contributed by atoms with Gasteiger partial charge in [0.15, 0.2) is 0 Å². The lowest BCUT2D eigenvalue weighted by Gasteiger charge is -2.12. The largest absolute Gasteiger partial charge is 0.472 e. The molecule has 2 unspecified atom stereocenters. The van der Waals surface area contributed by atoms with Gasteiger partial charge in [-0.25, -0.2) is 9.36 Å². The van der Waals surface area contributed by atoms with Crippen molar-refractivity contribution in [3.8, 4) is 0 Å². The SMILES string of the molecule is C=C(C)C(=O)OCCOP(=O)(O)OCCC(C)O. The molecule has 0 saturated heterocycles. The summed E-state index contributed by atoms with van der Waals surface area (Å²) in [5, 5.41) is 8.92. The summed E-state index contributed by atoms with van der Waals surface area (Å²) in [5.74, 6) is -0.596. The number of ether oxygens (including phenoxy) is 1. The van der Waals surface area contributed by atoms with E-state index in [1.807, 2.05) is 0 Å². The maximum absolute atomic E-state index is 11.2. The summed E-state index contributed by atoms with van der Waals surface area (Å²) in [6, 6.07) is 0. The van der Waals surface area contributed by atoms with Crippen molar-refractivity contribution in [3.05, 3.63) is 12.2 Å². The fraction of sp³-hybridized carbons (Fsp3) is 0.700. The standard InChI is InChI=1S/C10H19O7P/c1-8(2)10(12)15-6-7-17-18(13,14)16-5-4-9(3)11/h9,11H,1,4-7H2,2-3H3,(H,13,14). The molecule has 7 nitrogen and oxygen atoms in total. The average Bonchev–Trinajstić information content (AvgIpc) is 2.23. The first-order valence-electron chi connectivity index (χ1n) is 5.37. The Morgan fingerprint density at radius 1 is 1.33 bits per heavy atom. The van der Waals surface area contributed by atoms with Crippen LogP contribution in [0.5, 0.6) is 0 Å². The number of phosphoric ester groups is 1. The minimum Gasteiger partial charge on any atom is -0.460 e. The van der Waals surface area contributed by atoms with Gasteiger partial charge in [0.2, 0.25) is 0 Å². The lowest BCUT2D eigenvalue weighted by Crippen LogP contribution is -2.11. The van der Waals surface area contributed by atoms with Crippen molar-refractivity contribution in [2.75, 3.05) is 19.8 Å². The van der Waals surface area contributed by atoms with Crippen LogP contribution in [0.3, 0.4) is 0 Å². The molecule has 0 aromatic rings. The predicted molar refractivity (Wildman–Crippen MR) is 63.8 cm³/mol. The molecule has 0 aliphatic heterocycles. The van der Waals surface area contributed by atoms with E-state index in [0.29, 0.717) is 0 Å². The Balaban J connectivity index is 3.73. The topological polar surface area (TPSA) is 102 Å². The summed E-state index contributed by atoms with van der Waals surface area (Å²) in [4.78, 5) is 20.1. The van der Waals surface area contributed by atoms with Crippen LogP contribution in [0.25, 0.3) is 0 Å². The van der Waals surface area contributed by atoms with Gasteiger partial charge in [-0.15, -0.1) is 0 Å². The number of carbonyl (C=O) groups excluding carboxylic acids is 1. The smallest absolute Gasteiger partial charge is 0.460 e. The Bertz CT molecular complexity index is 326. The van der Waals surface area contributed by atoms with E-state index in [1.165, 1.54) is 13.8 Å². The highest BCUT2D eigenvalue weighted by Crippen LogP contribution is 2.42. The predicted octanol–water partition coefficient (Wildman–Crippen LogP) is 1.01. The van der Waals surface area contributed by atoms with Gasteiger partial charge in [0.05, 0.1) is 19.3 Å². The molecule has 18 heavy (non-hydrogen) atoms. The number of aliphatic hydroxyl groups excluding tert-OH is 1. The Kier molecular flexibility index (Phi) is 8.06. The number of hydrogen-bond acceptors (Lipinski definition) is 6. The van der Waals surface area contributed by atoms with E-state index < -0.39 is 19.9 Å². The van der Waals surface area contributed by atoms with Gasteiger partial charge in [-0.1, -0.05) is 6.58 Å². The van der Waals surface area contributed by atoms with E-state index in [-0.39, 0.29) is 31.8 Å². The third kappa shape index (κ3) is 9.32. The zero-order chi connectivity index (χ0) is 14.2. The van der Waals surface area contributed by atoms with Gasteiger partial charge in [0, 0.05) is 5.57 Å². The van der Waals surface area contributed by atoms with Gasteiger partial charge in [-0.2, -0.15) is 0 Å². The number of esters is 1. The summed E-state index contributed by atoms with van der Waals surface area (Å²) in [6.45, 7) is 5.86. The van der Waals surface area contributed by atoms with Crippen molar-refractivity contribution in [1.29, 1.82) is 0 Å². The second kappa shape index (κ2) is 8.39. The quantitative estimate of drug-likeness (QED) is 0.281. The van der Waals surface area contributed by atoms with Crippen LogP contribution in [0.2, 0.25) is 0 Å². The molecular formula is C10H19O7P. The molecule has 2 N–H and O–H groups in total. The second-order valence-corrected chi connectivity index (χ2v) is 5.14. The van der Waals surface area contributed by atoms with Crippen LogP contribution >= 0.6 is 7.82 Å². The molecule has 0 rings (SSSR count). The molecule has 0 bridgehead atoms. The average molecular weight is 282 g/mol. The van der Waals surface area contributed by atoms with Crippen LogP contribution in [-0.4, -0.2) is 41.9 Å². The molecule has 8 heteroatoms. The highest BCUT2D eigenvalue weighted by atomic mass is 31.2. The van der Waals surface area contributed by atoms with Gasteiger partial charge < -0.3 is 14.7 Å². The summed E-state index contributed by atoms with van der Waals surface area (Å²) in [7, 11) is -4.16. The van der Waals surface area contributed by atoms with E-state index >= 15 is 0 Å². The van der Waals surface area contributed by atoms with Gasteiger partial charge in [-0.3, -0.25) is 9.05 Å². The first kappa shape index (κ1) is 17.3. The summed E-state index contributed by atoms with van der Waals surface area (Å²) >= 11 is 0. The Morgan fingerprint density at radius 2 is 1.89 bits per heavy atom. The van der Waals surface area contributed by atoms with E-state index in [0.717, 1.165) is 0 Å². The first-order valence-corrected chi connectivity index (χ1v) is 6.86. The molecule has 0 fully saturated rings. The van der Waals surface area contributed by atoms with Gasteiger partial charge in [-0.05, 0) is 20.3 Å². The third-order valence-electron chi connectivity index (χ3n) is 1.71. The molecule has 0 aliphatic rings. The number of rotatable bonds is 9. The number of carbonyl (C=O) groups is 1. The van der Waals surface area contributed by atoms with E-state index in [1.54, 1.807) is 0 Å². The van der Waals surface area contributed by atoms with Crippen LogP contribution in [0.1, 0.15) is 20.3 Å². The molecule has 0 saturated carbocycles. The third-order valence-corrected chi connectivity index (χ3v) is 2.73. The van der Waals surface area contributed by atoms with E-state index in [4.69, 9.17) is 5.11 Å². The summed E-state index contributed by atoms with van der Waals surface area (Å²) < 4.78 is 25.0. The number of phosphoric acid groups is 1. The zero-order valence-electron chi connectivity index (χ0n) is 10.5. The normalized spacial score (nSPS) is 15.8. The van der Waals surface area contributed by atoms with Crippen molar-refractivity contribution in [2.45, 2.75) is 26.4 Å². The second-order valence-electron chi connectivity index (χ2n) is 3.69. The van der Waals surface area contributed by atoms with Gasteiger partial charge in [0.1, 0.15) is 6.61 Å². The summed E-state index contributed by atoms with van der Waals surface area (Å²) in [5.41, 5.74) is 0.232. The lowest BCUT2D eigenvalue weighted by atomic mass is 10.3.